The summed E-state index contributed by atoms with van der Waals surface area (Å²) >= 11 is 0. The molecule has 0 bridgehead atoms. The van der Waals surface area contributed by atoms with Crippen LogP contribution < -0.4 is 10.2 Å². The first kappa shape index (κ1) is 18.2. The maximum atomic E-state index is 12.1. The second-order valence-corrected chi connectivity index (χ2v) is 4.31. The van der Waals surface area contributed by atoms with Gasteiger partial charge in [0.25, 0.3) is 0 Å². The van der Waals surface area contributed by atoms with Gasteiger partial charge in [-0.2, -0.15) is 0 Å². The smallest absolute Gasteiger partial charge is 0.240 e. The molecule has 1 aliphatic heterocycles. The second kappa shape index (κ2) is 9.15. The van der Waals surface area contributed by atoms with Gasteiger partial charge in [0.2, 0.25) is 5.91 Å². The number of halogens is 2. The van der Waals surface area contributed by atoms with Crippen LogP contribution in [0.25, 0.3) is 0 Å². The number of hydrogen-bond donors (Lipinski definition) is 1. The van der Waals surface area contributed by atoms with Crippen molar-refractivity contribution < 1.29 is 4.79 Å². The molecular weight excluding hydrogens is 285 g/mol. The summed E-state index contributed by atoms with van der Waals surface area (Å²) in [6.07, 6.45) is 0. The maximum Gasteiger partial charge on any atom is 0.240 e. The van der Waals surface area contributed by atoms with Crippen molar-refractivity contribution in [2.24, 2.45) is 0 Å². The lowest BCUT2D eigenvalue weighted by molar-refractivity contribution is -0.119. The minimum absolute atomic E-state index is 0. The summed E-state index contributed by atoms with van der Waals surface area (Å²) in [5.41, 5.74) is 0.952. The lowest BCUT2D eigenvalue weighted by Crippen LogP contribution is -2.47. The number of amides is 1. The van der Waals surface area contributed by atoms with Gasteiger partial charge in [-0.15, -0.1) is 24.8 Å². The van der Waals surface area contributed by atoms with Gasteiger partial charge >= 0.3 is 0 Å². The van der Waals surface area contributed by atoms with Crippen LogP contribution in [0.5, 0.6) is 0 Å². The molecule has 19 heavy (non-hydrogen) atoms. The van der Waals surface area contributed by atoms with Gasteiger partial charge in [0, 0.05) is 38.9 Å². The van der Waals surface area contributed by atoms with E-state index in [1.807, 2.05) is 37.4 Å². The topological polar surface area (TPSA) is 35.6 Å². The molecule has 0 aromatic heterocycles. The van der Waals surface area contributed by atoms with Crippen LogP contribution in [0.1, 0.15) is 0 Å². The Kier molecular flexibility index (Phi) is 8.76. The van der Waals surface area contributed by atoms with E-state index >= 15 is 0 Å². The average Bonchev–Trinajstić information content (AvgIpc) is 2.40. The molecule has 108 valence electrons. The van der Waals surface area contributed by atoms with Crippen molar-refractivity contribution >= 4 is 36.4 Å². The molecule has 1 heterocycles. The Balaban J connectivity index is 0.00000162. The molecular formula is C13H21Cl2N3O. The molecule has 0 atom stereocenters. The third kappa shape index (κ3) is 5.37. The van der Waals surface area contributed by atoms with Gasteiger partial charge in [-0.25, -0.2) is 0 Å². The summed E-state index contributed by atoms with van der Waals surface area (Å²) in [6, 6.07) is 9.76. The van der Waals surface area contributed by atoms with Crippen LogP contribution in [-0.4, -0.2) is 50.6 Å². The Hall–Kier alpha value is -0.810. The number of para-hydroxylation sites is 1. The molecule has 1 aromatic rings. The Labute approximate surface area is 127 Å². The molecule has 1 aliphatic rings. The summed E-state index contributed by atoms with van der Waals surface area (Å²) in [7, 11) is 1.83. The average molecular weight is 306 g/mol. The monoisotopic (exact) mass is 305 g/mol. The summed E-state index contributed by atoms with van der Waals surface area (Å²) in [4.78, 5) is 16.0. The Morgan fingerprint density at radius 1 is 1.21 bits per heavy atom. The Morgan fingerprint density at radius 3 is 2.37 bits per heavy atom. The number of nitrogens with zero attached hydrogens (tertiary/aromatic N) is 2. The molecule has 2 rings (SSSR count). The van der Waals surface area contributed by atoms with E-state index in [1.54, 1.807) is 4.90 Å². The van der Waals surface area contributed by atoms with E-state index in [0.717, 1.165) is 31.9 Å². The number of likely N-dealkylation sites (N-methyl/N-ethyl adjacent to an activating group) is 1. The van der Waals surface area contributed by atoms with Crippen LogP contribution in [0, 0.1) is 0 Å². The molecule has 1 saturated heterocycles. The lowest BCUT2D eigenvalue weighted by Gasteiger charge is -2.28. The molecule has 0 aliphatic carbocycles. The largest absolute Gasteiger partial charge is 0.314 e. The molecule has 0 spiro atoms. The number of benzene rings is 1. The molecule has 4 nitrogen and oxygen atoms in total. The molecule has 1 fully saturated rings. The van der Waals surface area contributed by atoms with Crippen LogP contribution in [0.3, 0.4) is 0 Å². The number of carbonyl (C=O) groups is 1. The number of rotatable bonds is 3. The number of hydrogen-bond acceptors (Lipinski definition) is 3. The van der Waals surface area contributed by atoms with Gasteiger partial charge in [-0.05, 0) is 12.1 Å². The van der Waals surface area contributed by atoms with Gasteiger partial charge in [-0.1, -0.05) is 18.2 Å². The van der Waals surface area contributed by atoms with E-state index in [9.17, 15) is 4.79 Å². The van der Waals surface area contributed by atoms with Crippen molar-refractivity contribution in [2.75, 3.05) is 44.7 Å². The van der Waals surface area contributed by atoms with Gasteiger partial charge < -0.3 is 10.2 Å². The predicted molar refractivity (Wildman–Crippen MR) is 83.7 cm³/mol. The summed E-state index contributed by atoms with van der Waals surface area (Å²) in [6.45, 7) is 4.36. The quantitative estimate of drug-likeness (QED) is 0.917. The van der Waals surface area contributed by atoms with Gasteiger partial charge in [0.1, 0.15) is 0 Å². The zero-order valence-corrected chi connectivity index (χ0v) is 12.7. The molecule has 0 radical (unpaired) electrons. The summed E-state index contributed by atoms with van der Waals surface area (Å²) in [5.74, 6) is 0.151. The van der Waals surface area contributed by atoms with Crippen molar-refractivity contribution in [3.8, 4) is 0 Å². The first-order valence-corrected chi connectivity index (χ1v) is 6.02. The number of nitrogens with one attached hydrogen (secondary N) is 1. The number of anilines is 1. The zero-order valence-electron chi connectivity index (χ0n) is 11.0. The first-order valence-electron chi connectivity index (χ1n) is 6.02. The minimum Gasteiger partial charge on any atom is -0.314 e. The van der Waals surface area contributed by atoms with Crippen molar-refractivity contribution in [1.82, 2.24) is 10.2 Å². The highest BCUT2D eigenvalue weighted by Crippen LogP contribution is 2.11. The van der Waals surface area contributed by atoms with Crippen LogP contribution in [0.4, 0.5) is 5.69 Å². The fourth-order valence-electron chi connectivity index (χ4n) is 1.96. The standard InChI is InChI=1S/C13H19N3O.2ClH/c1-15(12-5-3-2-4-6-12)13(17)11-16-9-7-14-8-10-16;;/h2-6,14H,7-11H2,1H3;2*1H. The van der Waals surface area contributed by atoms with E-state index in [-0.39, 0.29) is 30.7 Å². The van der Waals surface area contributed by atoms with Gasteiger partial charge in [-0.3, -0.25) is 9.69 Å². The van der Waals surface area contributed by atoms with Crippen LogP contribution in [0.2, 0.25) is 0 Å². The van der Waals surface area contributed by atoms with Crippen LogP contribution in [0.15, 0.2) is 30.3 Å². The number of piperazine rings is 1. The summed E-state index contributed by atoms with van der Waals surface area (Å²) in [5, 5.41) is 3.28. The molecule has 1 amide bonds. The van der Waals surface area contributed by atoms with Crippen LogP contribution >= 0.6 is 24.8 Å². The van der Waals surface area contributed by atoms with Gasteiger partial charge in [0.15, 0.2) is 0 Å². The van der Waals surface area contributed by atoms with E-state index < -0.39 is 0 Å². The highest BCUT2D eigenvalue weighted by atomic mass is 35.5. The van der Waals surface area contributed by atoms with E-state index in [4.69, 9.17) is 0 Å². The minimum atomic E-state index is 0. The van der Waals surface area contributed by atoms with Crippen LogP contribution in [-0.2, 0) is 4.79 Å². The van der Waals surface area contributed by atoms with Gasteiger partial charge in [0.05, 0.1) is 6.54 Å². The fourth-order valence-corrected chi connectivity index (χ4v) is 1.96. The SMILES string of the molecule is CN(C(=O)CN1CCNCC1)c1ccccc1.Cl.Cl. The number of carbonyl (C=O) groups excluding carboxylic acids is 1. The fraction of sp³-hybridized carbons (Fsp3) is 0.462. The molecule has 0 unspecified atom stereocenters. The van der Waals surface area contributed by atoms with Crippen molar-refractivity contribution in [2.45, 2.75) is 0 Å². The Bertz CT molecular complexity index is 369. The predicted octanol–water partition coefficient (Wildman–Crippen LogP) is 1.40. The molecule has 1 N–H and O–H groups in total. The second-order valence-electron chi connectivity index (χ2n) is 4.31. The van der Waals surface area contributed by atoms with Crippen molar-refractivity contribution in [3.05, 3.63) is 30.3 Å². The lowest BCUT2D eigenvalue weighted by atomic mass is 10.3. The first-order chi connectivity index (χ1) is 8.27. The summed E-state index contributed by atoms with van der Waals surface area (Å²) < 4.78 is 0. The maximum absolute atomic E-state index is 12.1. The zero-order chi connectivity index (χ0) is 12.1. The van der Waals surface area contributed by atoms with E-state index in [2.05, 4.69) is 10.2 Å². The van der Waals surface area contributed by atoms with E-state index in [1.165, 1.54) is 0 Å². The third-order valence-electron chi connectivity index (χ3n) is 3.09. The molecule has 1 aromatic carbocycles. The van der Waals surface area contributed by atoms with Crippen molar-refractivity contribution in [3.63, 3.8) is 0 Å². The highest BCUT2D eigenvalue weighted by Gasteiger charge is 2.16. The highest BCUT2D eigenvalue weighted by molar-refractivity contribution is 5.94. The van der Waals surface area contributed by atoms with Crippen molar-refractivity contribution in [1.29, 1.82) is 0 Å². The third-order valence-corrected chi connectivity index (χ3v) is 3.09. The molecule has 0 saturated carbocycles. The Morgan fingerprint density at radius 2 is 1.79 bits per heavy atom. The van der Waals surface area contributed by atoms with E-state index in [0.29, 0.717) is 6.54 Å². The molecule has 6 heteroatoms. The normalized spacial score (nSPS) is 15.0.